The van der Waals surface area contributed by atoms with Crippen molar-refractivity contribution >= 4 is 17.3 Å². The zero-order valence-electron chi connectivity index (χ0n) is 11.5. The van der Waals surface area contributed by atoms with Gasteiger partial charge in [0.05, 0.1) is 5.54 Å². The van der Waals surface area contributed by atoms with Gasteiger partial charge in [0.2, 0.25) is 0 Å². The van der Waals surface area contributed by atoms with Crippen LogP contribution in [0.5, 0.6) is 0 Å². The normalized spacial score (nSPS) is 31.2. The molecule has 0 aliphatic heterocycles. The summed E-state index contributed by atoms with van der Waals surface area (Å²) in [6.07, 6.45) is 3.26. The molecule has 1 aromatic rings. The number of anilines is 1. The molecule has 2 atom stereocenters. The zero-order valence-corrected chi connectivity index (χ0v) is 12.3. The molecule has 1 aliphatic rings. The summed E-state index contributed by atoms with van der Waals surface area (Å²) >= 11 is 5.90. The van der Waals surface area contributed by atoms with E-state index < -0.39 is 0 Å². The van der Waals surface area contributed by atoms with Crippen molar-refractivity contribution in [1.29, 1.82) is 0 Å². The minimum absolute atomic E-state index is 0.145. The van der Waals surface area contributed by atoms with E-state index in [0.29, 0.717) is 23.4 Å². The van der Waals surface area contributed by atoms with Gasteiger partial charge in [-0.2, -0.15) is 0 Å². The molecular formula is C15H22ClFN2. The van der Waals surface area contributed by atoms with E-state index in [9.17, 15) is 4.39 Å². The van der Waals surface area contributed by atoms with Crippen molar-refractivity contribution < 1.29 is 4.39 Å². The standard InChI is InChI=1S/C15H22ClFN2/c1-10-3-11(2)8-15(7-10,9-18)19-14-5-12(16)4-13(17)6-14/h4-6,10-11,19H,3,7-9,18H2,1-2H3. The minimum Gasteiger partial charge on any atom is -0.378 e. The van der Waals surface area contributed by atoms with Crippen LogP contribution in [0, 0.1) is 17.7 Å². The predicted octanol–water partition coefficient (Wildman–Crippen LogP) is 4.04. The van der Waals surface area contributed by atoms with Gasteiger partial charge in [0.15, 0.2) is 0 Å². The average Bonchev–Trinajstić information content (AvgIpc) is 2.25. The average molecular weight is 285 g/mol. The first-order valence-electron chi connectivity index (χ1n) is 6.87. The lowest BCUT2D eigenvalue weighted by Crippen LogP contribution is -2.50. The van der Waals surface area contributed by atoms with Crippen molar-refractivity contribution in [2.24, 2.45) is 17.6 Å². The largest absolute Gasteiger partial charge is 0.378 e. The first kappa shape index (κ1) is 14.6. The third kappa shape index (κ3) is 3.61. The van der Waals surface area contributed by atoms with Gasteiger partial charge in [-0.05, 0) is 49.3 Å². The Balaban J connectivity index is 2.22. The molecule has 2 unspecified atom stereocenters. The van der Waals surface area contributed by atoms with Crippen molar-refractivity contribution in [1.82, 2.24) is 0 Å². The minimum atomic E-state index is -0.320. The number of hydrogen-bond acceptors (Lipinski definition) is 2. The van der Waals surface area contributed by atoms with Crippen LogP contribution in [0.3, 0.4) is 0 Å². The molecular weight excluding hydrogens is 263 g/mol. The van der Waals surface area contributed by atoms with Crippen LogP contribution in [-0.4, -0.2) is 12.1 Å². The fourth-order valence-corrected chi connectivity index (χ4v) is 3.74. The molecule has 0 radical (unpaired) electrons. The molecule has 3 N–H and O–H groups in total. The zero-order chi connectivity index (χ0) is 14.0. The molecule has 1 aromatic carbocycles. The molecule has 0 spiro atoms. The fraction of sp³-hybridized carbons (Fsp3) is 0.600. The Morgan fingerprint density at radius 1 is 1.32 bits per heavy atom. The van der Waals surface area contributed by atoms with Gasteiger partial charge in [0.1, 0.15) is 5.82 Å². The Bertz CT molecular complexity index is 420. The summed E-state index contributed by atoms with van der Waals surface area (Å²) in [6.45, 7) is 5.05. The molecule has 1 saturated carbocycles. The van der Waals surface area contributed by atoms with Gasteiger partial charge >= 0.3 is 0 Å². The number of nitrogens with one attached hydrogen (secondary N) is 1. The van der Waals surface area contributed by atoms with Gasteiger partial charge in [-0.1, -0.05) is 25.4 Å². The van der Waals surface area contributed by atoms with Gasteiger partial charge in [0, 0.05) is 17.3 Å². The van der Waals surface area contributed by atoms with Crippen LogP contribution in [0.25, 0.3) is 0 Å². The third-order valence-electron chi connectivity index (χ3n) is 3.95. The van der Waals surface area contributed by atoms with Crippen LogP contribution in [0.15, 0.2) is 18.2 Å². The quantitative estimate of drug-likeness (QED) is 0.879. The lowest BCUT2D eigenvalue weighted by Gasteiger charge is -2.43. The van der Waals surface area contributed by atoms with Gasteiger partial charge in [-0.3, -0.25) is 0 Å². The molecule has 1 fully saturated rings. The molecule has 0 heterocycles. The maximum Gasteiger partial charge on any atom is 0.126 e. The van der Waals surface area contributed by atoms with E-state index in [2.05, 4.69) is 19.2 Å². The highest BCUT2D eigenvalue weighted by molar-refractivity contribution is 6.30. The Morgan fingerprint density at radius 3 is 2.47 bits per heavy atom. The summed E-state index contributed by atoms with van der Waals surface area (Å²) in [5.74, 6) is 0.937. The molecule has 0 aromatic heterocycles. The molecule has 19 heavy (non-hydrogen) atoms. The highest BCUT2D eigenvalue weighted by Gasteiger charge is 2.36. The summed E-state index contributed by atoms with van der Waals surface area (Å²) < 4.78 is 13.4. The van der Waals surface area contributed by atoms with E-state index in [-0.39, 0.29) is 11.4 Å². The van der Waals surface area contributed by atoms with Gasteiger partial charge in [0.25, 0.3) is 0 Å². The fourth-order valence-electron chi connectivity index (χ4n) is 3.52. The van der Waals surface area contributed by atoms with Crippen molar-refractivity contribution in [3.8, 4) is 0 Å². The van der Waals surface area contributed by atoms with Gasteiger partial charge in [-0.15, -0.1) is 0 Å². The van der Waals surface area contributed by atoms with Gasteiger partial charge < -0.3 is 11.1 Å². The van der Waals surface area contributed by atoms with Crippen LogP contribution in [-0.2, 0) is 0 Å². The van der Waals surface area contributed by atoms with Crippen molar-refractivity contribution in [3.05, 3.63) is 29.0 Å². The highest BCUT2D eigenvalue weighted by Crippen LogP contribution is 2.38. The summed E-state index contributed by atoms with van der Waals surface area (Å²) in [4.78, 5) is 0. The number of benzene rings is 1. The number of halogens is 2. The van der Waals surface area contributed by atoms with Crippen LogP contribution in [0.4, 0.5) is 10.1 Å². The summed E-state index contributed by atoms with van der Waals surface area (Å²) in [7, 11) is 0. The topological polar surface area (TPSA) is 38.0 Å². The summed E-state index contributed by atoms with van der Waals surface area (Å²) in [6, 6.07) is 4.55. The lowest BCUT2D eigenvalue weighted by atomic mass is 9.71. The summed E-state index contributed by atoms with van der Waals surface area (Å²) in [5, 5.41) is 3.85. The van der Waals surface area contributed by atoms with E-state index in [1.165, 1.54) is 18.6 Å². The highest BCUT2D eigenvalue weighted by atomic mass is 35.5. The molecule has 0 bridgehead atoms. The molecule has 0 amide bonds. The maximum absolute atomic E-state index is 13.4. The van der Waals surface area contributed by atoms with Crippen molar-refractivity contribution in [3.63, 3.8) is 0 Å². The predicted molar refractivity (Wildman–Crippen MR) is 79.0 cm³/mol. The Morgan fingerprint density at radius 2 is 1.95 bits per heavy atom. The van der Waals surface area contributed by atoms with Crippen molar-refractivity contribution in [2.75, 3.05) is 11.9 Å². The van der Waals surface area contributed by atoms with Crippen LogP contribution < -0.4 is 11.1 Å². The third-order valence-corrected chi connectivity index (χ3v) is 4.16. The molecule has 1 aliphatic carbocycles. The van der Waals surface area contributed by atoms with Crippen LogP contribution in [0.2, 0.25) is 5.02 Å². The van der Waals surface area contributed by atoms with E-state index >= 15 is 0 Å². The Hall–Kier alpha value is -0.800. The van der Waals surface area contributed by atoms with Gasteiger partial charge in [-0.25, -0.2) is 4.39 Å². The Kier molecular flexibility index (Phi) is 4.36. The number of nitrogens with two attached hydrogens (primary N) is 1. The molecule has 0 saturated heterocycles. The second-order valence-electron chi connectivity index (χ2n) is 6.12. The SMILES string of the molecule is CC1CC(C)CC(CN)(Nc2cc(F)cc(Cl)c2)C1. The second kappa shape index (κ2) is 5.68. The first-order chi connectivity index (χ1) is 8.92. The van der Waals surface area contributed by atoms with Crippen LogP contribution >= 0.6 is 11.6 Å². The van der Waals surface area contributed by atoms with Crippen molar-refractivity contribution in [2.45, 2.75) is 38.6 Å². The molecule has 2 rings (SSSR count). The smallest absolute Gasteiger partial charge is 0.126 e. The van der Waals surface area contributed by atoms with E-state index in [1.54, 1.807) is 6.07 Å². The Labute approximate surface area is 119 Å². The molecule has 2 nitrogen and oxygen atoms in total. The maximum atomic E-state index is 13.4. The van der Waals surface area contributed by atoms with E-state index in [1.807, 2.05) is 0 Å². The van der Waals surface area contributed by atoms with E-state index in [0.717, 1.165) is 18.5 Å². The van der Waals surface area contributed by atoms with Crippen LogP contribution in [0.1, 0.15) is 33.1 Å². The molecule has 106 valence electrons. The number of rotatable bonds is 3. The first-order valence-corrected chi connectivity index (χ1v) is 7.24. The number of hydrogen-bond donors (Lipinski definition) is 2. The second-order valence-corrected chi connectivity index (χ2v) is 6.56. The monoisotopic (exact) mass is 284 g/mol. The lowest BCUT2D eigenvalue weighted by molar-refractivity contribution is 0.205. The molecule has 4 heteroatoms. The summed E-state index contributed by atoms with van der Waals surface area (Å²) in [5.41, 5.74) is 6.57. The van der Waals surface area contributed by atoms with E-state index in [4.69, 9.17) is 17.3 Å².